The molecule has 0 aliphatic heterocycles. The molecule has 0 spiro atoms. The minimum atomic E-state index is 0.210. The number of benzene rings is 1. The van der Waals surface area contributed by atoms with Crippen molar-refractivity contribution in [2.75, 3.05) is 41.3 Å². The summed E-state index contributed by atoms with van der Waals surface area (Å²) in [6, 6.07) is 8.34. The maximum absolute atomic E-state index is 5.47. The molecular formula is C16H28N4O. The minimum Gasteiger partial charge on any atom is -0.496 e. The maximum atomic E-state index is 5.47. The Morgan fingerprint density at radius 1 is 1.29 bits per heavy atom. The smallest absolute Gasteiger partial charge is 0.191 e. The van der Waals surface area contributed by atoms with E-state index in [2.05, 4.69) is 47.6 Å². The highest BCUT2D eigenvalue weighted by atomic mass is 16.5. The molecule has 5 heteroatoms. The van der Waals surface area contributed by atoms with E-state index in [0.29, 0.717) is 0 Å². The zero-order valence-electron chi connectivity index (χ0n) is 13.8. The highest BCUT2D eigenvalue weighted by molar-refractivity contribution is 5.79. The summed E-state index contributed by atoms with van der Waals surface area (Å²) in [6.45, 7) is 3.81. The Morgan fingerprint density at radius 2 is 2.00 bits per heavy atom. The molecule has 0 radical (unpaired) electrons. The lowest BCUT2D eigenvalue weighted by Gasteiger charge is -2.27. The Balaban J connectivity index is 2.79. The van der Waals surface area contributed by atoms with Crippen molar-refractivity contribution in [3.63, 3.8) is 0 Å². The van der Waals surface area contributed by atoms with Gasteiger partial charge in [-0.1, -0.05) is 25.1 Å². The van der Waals surface area contributed by atoms with Crippen molar-refractivity contribution >= 4 is 5.96 Å². The third-order valence-corrected chi connectivity index (χ3v) is 3.35. The average Bonchev–Trinajstić information content (AvgIpc) is 2.50. The molecule has 1 aromatic rings. The van der Waals surface area contributed by atoms with Crippen molar-refractivity contribution in [1.29, 1.82) is 0 Å². The van der Waals surface area contributed by atoms with Crippen LogP contribution in [0, 0.1) is 0 Å². The number of aliphatic imine (C=N–C) groups is 1. The van der Waals surface area contributed by atoms with E-state index in [9.17, 15) is 0 Å². The van der Waals surface area contributed by atoms with E-state index in [1.807, 2.05) is 18.2 Å². The number of likely N-dealkylation sites (N-methyl/N-ethyl adjacent to an activating group) is 1. The first kappa shape index (κ1) is 17.3. The predicted octanol–water partition coefficient (Wildman–Crippen LogP) is 1.87. The number of ether oxygens (including phenoxy) is 1. The van der Waals surface area contributed by atoms with Gasteiger partial charge < -0.3 is 20.3 Å². The molecule has 2 N–H and O–H groups in total. The molecule has 0 amide bonds. The first-order valence-corrected chi connectivity index (χ1v) is 7.37. The summed E-state index contributed by atoms with van der Waals surface area (Å²) in [6.07, 6.45) is 1.07. The Kier molecular flexibility index (Phi) is 7.61. The zero-order chi connectivity index (χ0) is 15.7. The Bertz CT molecular complexity index is 446. The average molecular weight is 292 g/mol. The molecule has 0 heterocycles. The predicted molar refractivity (Wildman–Crippen MR) is 89.1 cm³/mol. The lowest BCUT2D eigenvalue weighted by atomic mass is 10.0. The van der Waals surface area contributed by atoms with E-state index in [0.717, 1.165) is 31.2 Å². The van der Waals surface area contributed by atoms with Gasteiger partial charge in [-0.2, -0.15) is 0 Å². The van der Waals surface area contributed by atoms with Crippen LogP contribution < -0.4 is 15.4 Å². The molecule has 118 valence electrons. The van der Waals surface area contributed by atoms with Crippen molar-refractivity contribution in [2.24, 2.45) is 4.99 Å². The van der Waals surface area contributed by atoms with Gasteiger partial charge in [-0.25, -0.2) is 0 Å². The largest absolute Gasteiger partial charge is 0.496 e. The fourth-order valence-corrected chi connectivity index (χ4v) is 2.17. The van der Waals surface area contributed by atoms with Gasteiger partial charge in [-0.05, 0) is 26.6 Å². The van der Waals surface area contributed by atoms with E-state index < -0.39 is 0 Å². The van der Waals surface area contributed by atoms with Crippen molar-refractivity contribution < 1.29 is 4.74 Å². The third kappa shape index (κ3) is 5.27. The number of nitrogens with zero attached hydrogens (tertiary/aromatic N) is 2. The number of para-hydroxylation sites is 1. The quantitative estimate of drug-likeness (QED) is 0.595. The van der Waals surface area contributed by atoms with Crippen LogP contribution >= 0.6 is 0 Å². The molecule has 0 aliphatic carbocycles. The van der Waals surface area contributed by atoms with Crippen molar-refractivity contribution in [2.45, 2.75) is 19.4 Å². The van der Waals surface area contributed by atoms with Gasteiger partial charge in [0.1, 0.15) is 5.75 Å². The van der Waals surface area contributed by atoms with Crippen LogP contribution in [0.5, 0.6) is 5.75 Å². The van der Waals surface area contributed by atoms with Crippen LogP contribution in [0.3, 0.4) is 0 Å². The number of hydrogen-bond donors (Lipinski definition) is 2. The van der Waals surface area contributed by atoms with E-state index in [1.54, 1.807) is 14.2 Å². The van der Waals surface area contributed by atoms with Gasteiger partial charge in [0.05, 0.1) is 13.2 Å². The first-order valence-electron chi connectivity index (χ1n) is 7.37. The van der Waals surface area contributed by atoms with Gasteiger partial charge in [0.2, 0.25) is 0 Å². The fourth-order valence-electron chi connectivity index (χ4n) is 2.17. The van der Waals surface area contributed by atoms with E-state index in [4.69, 9.17) is 4.74 Å². The van der Waals surface area contributed by atoms with Crippen LogP contribution in [0.4, 0.5) is 0 Å². The zero-order valence-corrected chi connectivity index (χ0v) is 13.8. The molecule has 5 nitrogen and oxygen atoms in total. The Labute approximate surface area is 128 Å². The monoisotopic (exact) mass is 292 g/mol. The van der Waals surface area contributed by atoms with Crippen molar-refractivity contribution in [3.05, 3.63) is 29.8 Å². The fraction of sp³-hybridized carbons (Fsp3) is 0.562. The van der Waals surface area contributed by atoms with Gasteiger partial charge in [-0.3, -0.25) is 4.99 Å². The number of rotatable bonds is 7. The van der Waals surface area contributed by atoms with Gasteiger partial charge in [0, 0.05) is 25.7 Å². The van der Waals surface area contributed by atoms with E-state index in [-0.39, 0.29) is 6.04 Å². The molecule has 0 saturated carbocycles. The summed E-state index contributed by atoms with van der Waals surface area (Å²) < 4.78 is 5.47. The number of guanidine groups is 1. The summed E-state index contributed by atoms with van der Waals surface area (Å²) in [4.78, 5) is 6.42. The molecule has 0 saturated heterocycles. The molecule has 0 aromatic heterocycles. The Hall–Kier alpha value is -1.75. The second kappa shape index (κ2) is 9.23. The van der Waals surface area contributed by atoms with Crippen LogP contribution in [-0.4, -0.2) is 52.2 Å². The molecule has 1 rings (SSSR count). The summed E-state index contributed by atoms with van der Waals surface area (Å²) in [5.41, 5.74) is 1.17. The summed E-state index contributed by atoms with van der Waals surface area (Å²) in [5, 5.41) is 6.66. The van der Waals surface area contributed by atoms with Crippen LogP contribution in [0.25, 0.3) is 0 Å². The van der Waals surface area contributed by atoms with E-state index >= 15 is 0 Å². The molecule has 0 fully saturated rings. The molecule has 1 atom stereocenters. The molecular weight excluding hydrogens is 264 g/mol. The van der Waals surface area contributed by atoms with Crippen LogP contribution in [-0.2, 0) is 0 Å². The summed E-state index contributed by atoms with van der Waals surface area (Å²) in [7, 11) is 7.64. The van der Waals surface area contributed by atoms with Gasteiger partial charge in [0.25, 0.3) is 0 Å². The Morgan fingerprint density at radius 3 is 2.57 bits per heavy atom. The SMILES string of the molecule is CCCNC(=NC)NCC(c1ccccc1OC)N(C)C. The normalized spacial score (nSPS) is 13.1. The molecule has 1 aromatic carbocycles. The third-order valence-electron chi connectivity index (χ3n) is 3.35. The van der Waals surface area contributed by atoms with Gasteiger partial charge in [-0.15, -0.1) is 0 Å². The van der Waals surface area contributed by atoms with Gasteiger partial charge in [0.15, 0.2) is 5.96 Å². The minimum absolute atomic E-state index is 0.210. The summed E-state index contributed by atoms with van der Waals surface area (Å²) >= 11 is 0. The standard InChI is InChI=1S/C16H28N4O/c1-6-11-18-16(17-2)19-12-14(20(3)4)13-9-7-8-10-15(13)21-5/h7-10,14H,6,11-12H2,1-5H3,(H2,17,18,19). The van der Waals surface area contributed by atoms with Crippen LogP contribution in [0.2, 0.25) is 0 Å². The highest BCUT2D eigenvalue weighted by Gasteiger charge is 2.18. The lowest BCUT2D eigenvalue weighted by Crippen LogP contribution is -2.42. The van der Waals surface area contributed by atoms with Crippen LogP contribution in [0.15, 0.2) is 29.3 Å². The number of hydrogen-bond acceptors (Lipinski definition) is 3. The molecule has 0 bridgehead atoms. The lowest BCUT2D eigenvalue weighted by molar-refractivity contribution is 0.288. The van der Waals surface area contributed by atoms with Crippen molar-refractivity contribution in [1.82, 2.24) is 15.5 Å². The van der Waals surface area contributed by atoms with Crippen molar-refractivity contribution in [3.8, 4) is 5.75 Å². The second-order valence-electron chi connectivity index (χ2n) is 5.10. The number of methoxy groups -OCH3 is 1. The summed E-state index contributed by atoms with van der Waals surface area (Å²) in [5.74, 6) is 1.74. The molecule has 1 unspecified atom stereocenters. The van der Waals surface area contributed by atoms with Crippen LogP contribution in [0.1, 0.15) is 24.9 Å². The maximum Gasteiger partial charge on any atom is 0.191 e. The molecule has 21 heavy (non-hydrogen) atoms. The number of nitrogens with one attached hydrogen (secondary N) is 2. The second-order valence-corrected chi connectivity index (χ2v) is 5.10. The highest BCUT2D eigenvalue weighted by Crippen LogP contribution is 2.27. The van der Waals surface area contributed by atoms with E-state index in [1.165, 1.54) is 5.56 Å². The molecule has 0 aliphatic rings. The topological polar surface area (TPSA) is 48.9 Å². The van der Waals surface area contributed by atoms with Gasteiger partial charge >= 0.3 is 0 Å². The first-order chi connectivity index (χ1) is 10.1.